The molecule has 0 saturated heterocycles. The van der Waals surface area contributed by atoms with Gasteiger partial charge < -0.3 is 5.32 Å². The van der Waals surface area contributed by atoms with Crippen LogP contribution in [0.4, 0.5) is 10.1 Å². The van der Waals surface area contributed by atoms with Crippen molar-refractivity contribution in [1.82, 2.24) is 0 Å². The van der Waals surface area contributed by atoms with Crippen molar-refractivity contribution in [3.63, 3.8) is 0 Å². The topological polar surface area (TPSA) is 12.0 Å². The van der Waals surface area contributed by atoms with Crippen LogP contribution in [0.25, 0.3) is 0 Å². The van der Waals surface area contributed by atoms with E-state index in [0.717, 1.165) is 11.3 Å². The molecule has 1 aromatic carbocycles. The summed E-state index contributed by atoms with van der Waals surface area (Å²) >= 11 is 9.12. The highest BCUT2D eigenvalue weighted by atomic mass is 79.9. The molecule has 1 N–H and O–H groups in total. The van der Waals surface area contributed by atoms with Crippen LogP contribution in [0.15, 0.2) is 28.9 Å². The lowest BCUT2D eigenvalue weighted by atomic mass is 10.1. The quantitative estimate of drug-likeness (QED) is 0.701. The fourth-order valence-corrected chi connectivity index (χ4v) is 1.86. The molecule has 1 aliphatic heterocycles. The zero-order chi connectivity index (χ0) is 9.42. The van der Waals surface area contributed by atoms with Crippen molar-refractivity contribution >= 4 is 33.2 Å². The van der Waals surface area contributed by atoms with E-state index in [1.165, 1.54) is 6.07 Å². The number of halogens is 3. The summed E-state index contributed by atoms with van der Waals surface area (Å²) in [5.74, 6) is -0.287. The molecule has 1 atom stereocenters. The average molecular weight is 263 g/mol. The number of anilines is 1. The molecule has 1 nitrogen and oxygen atoms in total. The van der Waals surface area contributed by atoms with E-state index < -0.39 is 0 Å². The Bertz CT molecular complexity index is 378. The number of fused-ring (bicyclic) bond motifs is 1. The average Bonchev–Trinajstić information content (AvgIpc) is 2.09. The van der Waals surface area contributed by atoms with Crippen LogP contribution in [0.1, 0.15) is 10.9 Å². The van der Waals surface area contributed by atoms with E-state index in [2.05, 4.69) is 21.2 Å². The SMILES string of the molecule is Fc1cc2c(cc1Br)C(Cl)C=CN2. The van der Waals surface area contributed by atoms with Crippen molar-refractivity contribution in [2.75, 3.05) is 5.32 Å². The van der Waals surface area contributed by atoms with Crippen LogP contribution in [-0.4, -0.2) is 0 Å². The van der Waals surface area contributed by atoms with Gasteiger partial charge in [0.2, 0.25) is 0 Å². The van der Waals surface area contributed by atoms with Crippen molar-refractivity contribution < 1.29 is 4.39 Å². The summed E-state index contributed by atoms with van der Waals surface area (Å²) in [6.07, 6.45) is 3.53. The molecule has 0 spiro atoms. The lowest BCUT2D eigenvalue weighted by Crippen LogP contribution is -2.03. The molecule has 0 bridgehead atoms. The molecule has 4 heteroatoms. The van der Waals surface area contributed by atoms with Crippen LogP contribution in [0.3, 0.4) is 0 Å². The molecule has 0 amide bonds. The number of alkyl halides is 1. The summed E-state index contributed by atoms with van der Waals surface area (Å²) < 4.78 is 13.5. The van der Waals surface area contributed by atoms with Crippen LogP contribution >= 0.6 is 27.5 Å². The van der Waals surface area contributed by atoms with Gasteiger partial charge in [-0.15, -0.1) is 11.6 Å². The van der Waals surface area contributed by atoms with E-state index in [4.69, 9.17) is 11.6 Å². The molecular weight excluding hydrogens is 256 g/mol. The van der Waals surface area contributed by atoms with Crippen LogP contribution in [0, 0.1) is 5.82 Å². The first kappa shape index (κ1) is 9.03. The molecular formula is C9H6BrClFN. The second kappa shape index (κ2) is 3.31. The van der Waals surface area contributed by atoms with Gasteiger partial charge in [-0.3, -0.25) is 0 Å². The fourth-order valence-electron chi connectivity index (χ4n) is 1.24. The Balaban J connectivity index is 2.56. The highest BCUT2D eigenvalue weighted by Gasteiger charge is 2.15. The van der Waals surface area contributed by atoms with E-state index in [1.807, 2.05) is 6.08 Å². The molecule has 0 aromatic heterocycles. The van der Waals surface area contributed by atoms with Crippen LogP contribution in [0.5, 0.6) is 0 Å². The minimum absolute atomic E-state index is 0.187. The number of hydrogen-bond acceptors (Lipinski definition) is 1. The zero-order valence-electron chi connectivity index (χ0n) is 6.52. The standard InChI is InChI=1S/C9H6BrClFN/c10-6-3-5-7(11)1-2-13-9(5)4-8(6)12/h1-4,7,13H. The maximum absolute atomic E-state index is 13.1. The molecule has 1 heterocycles. The molecule has 1 aliphatic rings. The van der Waals surface area contributed by atoms with Crippen molar-refractivity contribution in [2.24, 2.45) is 0 Å². The van der Waals surface area contributed by atoms with E-state index in [9.17, 15) is 4.39 Å². The molecule has 0 aliphatic carbocycles. The Labute approximate surface area is 88.7 Å². The third-order valence-electron chi connectivity index (χ3n) is 1.89. The summed E-state index contributed by atoms with van der Waals surface area (Å²) in [4.78, 5) is 0. The first-order chi connectivity index (χ1) is 6.18. The fraction of sp³-hybridized carbons (Fsp3) is 0.111. The van der Waals surface area contributed by atoms with Gasteiger partial charge in [-0.05, 0) is 45.9 Å². The van der Waals surface area contributed by atoms with Crippen molar-refractivity contribution in [3.05, 3.63) is 40.3 Å². The molecule has 2 rings (SSSR count). The Kier molecular flexibility index (Phi) is 2.30. The van der Waals surface area contributed by atoms with Gasteiger partial charge in [-0.25, -0.2) is 4.39 Å². The number of hydrogen-bond donors (Lipinski definition) is 1. The van der Waals surface area contributed by atoms with Gasteiger partial charge in [0.1, 0.15) is 5.82 Å². The van der Waals surface area contributed by atoms with Crippen LogP contribution < -0.4 is 5.32 Å². The highest BCUT2D eigenvalue weighted by molar-refractivity contribution is 9.10. The van der Waals surface area contributed by atoms with Gasteiger partial charge in [0.15, 0.2) is 0 Å². The lowest BCUT2D eigenvalue weighted by Gasteiger charge is -2.17. The van der Waals surface area contributed by atoms with Gasteiger partial charge in [-0.1, -0.05) is 0 Å². The molecule has 0 radical (unpaired) electrons. The van der Waals surface area contributed by atoms with Gasteiger partial charge in [0.05, 0.1) is 9.85 Å². The molecule has 1 aromatic rings. The maximum atomic E-state index is 13.1. The number of nitrogens with one attached hydrogen (secondary N) is 1. The number of benzene rings is 1. The highest BCUT2D eigenvalue weighted by Crippen LogP contribution is 2.35. The Morgan fingerprint density at radius 3 is 3.00 bits per heavy atom. The van der Waals surface area contributed by atoms with Crippen molar-refractivity contribution in [3.8, 4) is 0 Å². The van der Waals surface area contributed by atoms with Gasteiger partial charge in [0, 0.05) is 5.69 Å². The predicted octanol–water partition coefficient (Wildman–Crippen LogP) is 3.81. The minimum Gasteiger partial charge on any atom is -0.362 e. The number of rotatable bonds is 0. The molecule has 68 valence electrons. The maximum Gasteiger partial charge on any atom is 0.139 e. The van der Waals surface area contributed by atoms with Gasteiger partial charge in [0.25, 0.3) is 0 Å². The van der Waals surface area contributed by atoms with Gasteiger partial charge in [-0.2, -0.15) is 0 Å². The van der Waals surface area contributed by atoms with E-state index >= 15 is 0 Å². The first-order valence-electron chi connectivity index (χ1n) is 3.74. The molecule has 0 saturated carbocycles. The van der Waals surface area contributed by atoms with Crippen LogP contribution in [0.2, 0.25) is 0 Å². The second-order valence-electron chi connectivity index (χ2n) is 2.76. The second-order valence-corrected chi connectivity index (χ2v) is 4.08. The smallest absolute Gasteiger partial charge is 0.139 e. The molecule has 13 heavy (non-hydrogen) atoms. The molecule has 1 unspecified atom stereocenters. The predicted molar refractivity (Wildman–Crippen MR) is 55.5 cm³/mol. The number of allylic oxidation sites excluding steroid dienone is 1. The summed E-state index contributed by atoms with van der Waals surface area (Å²) in [5, 5.41) is 2.75. The third-order valence-corrected chi connectivity index (χ3v) is 2.88. The summed E-state index contributed by atoms with van der Waals surface area (Å²) in [7, 11) is 0. The first-order valence-corrected chi connectivity index (χ1v) is 4.97. The van der Waals surface area contributed by atoms with E-state index in [1.54, 1.807) is 12.3 Å². The monoisotopic (exact) mass is 261 g/mol. The normalized spacial score (nSPS) is 19.5. The minimum atomic E-state index is -0.287. The summed E-state index contributed by atoms with van der Waals surface area (Å²) in [5.41, 5.74) is 1.61. The van der Waals surface area contributed by atoms with Gasteiger partial charge >= 0.3 is 0 Å². The summed E-state index contributed by atoms with van der Waals surface area (Å²) in [6.45, 7) is 0. The third kappa shape index (κ3) is 1.58. The van der Waals surface area contributed by atoms with Crippen molar-refractivity contribution in [2.45, 2.75) is 5.38 Å². The van der Waals surface area contributed by atoms with Crippen LogP contribution in [-0.2, 0) is 0 Å². The Hall–Kier alpha value is -0.540. The Morgan fingerprint density at radius 1 is 1.46 bits per heavy atom. The largest absolute Gasteiger partial charge is 0.362 e. The molecule has 0 fully saturated rings. The zero-order valence-corrected chi connectivity index (χ0v) is 8.86. The van der Waals surface area contributed by atoms with E-state index in [-0.39, 0.29) is 11.2 Å². The van der Waals surface area contributed by atoms with Crippen molar-refractivity contribution in [1.29, 1.82) is 0 Å². The lowest BCUT2D eigenvalue weighted by molar-refractivity contribution is 0.621. The summed E-state index contributed by atoms with van der Waals surface area (Å²) in [6, 6.07) is 3.12. The van der Waals surface area contributed by atoms with E-state index in [0.29, 0.717) is 4.47 Å². The Morgan fingerprint density at radius 2 is 2.23 bits per heavy atom.